The van der Waals surface area contributed by atoms with Gasteiger partial charge in [0.05, 0.1) is 16.3 Å². The molecule has 0 bridgehead atoms. The van der Waals surface area contributed by atoms with Gasteiger partial charge in [0.1, 0.15) is 0 Å². The zero-order valence-electron chi connectivity index (χ0n) is 11.1. The molecule has 0 saturated carbocycles. The van der Waals surface area contributed by atoms with Gasteiger partial charge in [0.15, 0.2) is 0 Å². The third kappa shape index (κ3) is 3.83. The summed E-state index contributed by atoms with van der Waals surface area (Å²) in [5.74, 6) is 0. The van der Waals surface area contributed by atoms with Crippen LogP contribution in [0.3, 0.4) is 0 Å². The minimum Gasteiger partial charge on any atom is -0.380 e. The predicted octanol–water partition coefficient (Wildman–Crippen LogP) is 5.93. The van der Waals surface area contributed by atoms with Crippen LogP contribution in [0.5, 0.6) is 0 Å². The van der Waals surface area contributed by atoms with E-state index in [2.05, 4.69) is 5.32 Å². The van der Waals surface area contributed by atoms with Crippen LogP contribution < -0.4 is 5.32 Å². The summed E-state index contributed by atoms with van der Waals surface area (Å²) in [4.78, 5) is 0. The second-order valence-corrected chi connectivity index (χ2v) is 5.40. The molecule has 0 spiro atoms. The molecule has 0 aliphatic heterocycles. The van der Waals surface area contributed by atoms with Crippen LogP contribution in [0.1, 0.15) is 16.7 Å². The van der Waals surface area contributed by atoms with Crippen LogP contribution in [-0.2, 0) is 12.7 Å². The Hall–Kier alpha value is -1.39. The molecule has 0 fully saturated rings. The van der Waals surface area contributed by atoms with Gasteiger partial charge in [0.2, 0.25) is 0 Å². The summed E-state index contributed by atoms with van der Waals surface area (Å²) in [6.45, 7) is 1.81. The molecular weight excluding hydrogens is 322 g/mol. The van der Waals surface area contributed by atoms with Crippen molar-refractivity contribution >= 4 is 28.9 Å². The molecule has 2 aromatic rings. The lowest BCUT2D eigenvalue weighted by Crippen LogP contribution is -2.11. The number of rotatable bonds is 3. The van der Waals surface area contributed by atoms with E-state index in [4.69, 9.17) is 23.2 Å². The van der Waals surface area contributed by atoms with E-state index in [1.165, 1.54) is 12.1 Å². The average Bonchev–Trinajstić information content (AvgIpc) is 2.41. The lowest BCUT2D eigenvalue weighted by atomic mass is 10.1. The second-order valence-electron chi connectivity index (χ2n) is 4.59. The molecule has 0 aliphatic carbocycles. The third-order valence-corrected chi connectivity index (χ3v) is 3.76. The summed E-state index contributed by atoms with van der Waals surface area (Å²) >= 11 is 12.0. The van der Waals surface area contributed by atoms with Gasteiger partial charge in [0.25, 0.3) is 0 Å². The average molecular weight is 334 g/mol. The van der Waals surface area contributed by atoms with Gasteiger partial charge in [-0.2, -0.15) is 13.2 Å². The van der Waals surface area contributed by atoms with Crippen molar-refractivity contribution in [1.82, 2.24) is 0 Å². The minimum absolute atomic E-state index is 0.00872. The van der Waals surface area contributed by atoms with Crippen molar-refractivity contribution < 1.29 is 13.2 Å². The molecule has 0 unspecified atom stereocenters. The van der Waals surface area contributed by atoms with E-state index in [0.29, 0.717) is 15.7 Å². The van der Waals surface area contributed by atoms with Gasteiger partial charge in [-0.1, -0.05) is 41.4 Å². The summed E-state index contributed by atoms with van der Waals surface area (Å²) in [5.41, 5.74) is 0.803. The number of halogens is 5. The van der Waals surface area contributed by atoms with Crippen LogP contribution >= 0.6 is 23.2 Å². The maximum atomic E-state index is 12.9. The van der Waals surface area contributed by atoms with Crippen LogP contribution in [0.25, 0.3) is 0 Å². The number of aryl methyl sites for hydroxylation is 1. The van der Waals surface area contributed by atoms with Gasteiger partial charge in [0, 0.05) is 11.6 Å². The Kier molecular flexibility index (Phi) is 4.69. The molecule has 0 radical (unpaired) electrons. The molecule has 0 atom stereocenters. The lowest BCUT2D eigenvalue weighted by molar-refractivity contribution is -0.138. The molecule has 2 rings (SSSR count). The van der Waals surface area contributed by atoms with Crippen LogP contribution in [0.4, 0.5) is 18.9 Å². The summed E-state index contributed by atoms with van der Waals surface area (Å²) in [6, 6.07) is 8.69. The number of benzene rings is 2. The Bertz CT molecular complexity index is 654. The molecule has 6 heteroatoms. The fraction of sp³-hybridized carbons (Fsp3) is 0.200. The van der Waals surface area contributed by atoms with E-state index < -0.39 is 11.7 Å². The number of alkyl halides is 3. The first-order valence-electron chi connectivity index (χ1n) is 6.13. The van der Waals surface area contributed by atoms with Crippen LogP contribution in [0.15, 0.2) is 36.4 Å². The van der Waals surface area contributed by atoms with Gasteiger partial charge in [-0.25, -0.2) is 0 Å². The Balaban J connectivity index is 2.23. The summed E-state index contributed by atoms with van der Waals surface area (Å²) in [6.07, 6.45) is -4.38. The zero-order chi connectivity index (χ0) is 15.6. The molecule has 0 amide bonds. The maximum Gasteiger partial charge on any atom is 0.416 e. The van der Waals surface area contributed by atoms with Crippen molar-refractivity contribution in [3.05, 3.63) is 63.1 Å². The van der Waals surface area contributed by atoms with Crippen LogP contribution in [0.2, 0.25) is 10.0 Å². The van der Waals surface area contributed by atoms with E-state index in [1.54, 1.807) is 25.1 Å². The van der Waals surface area contributed by atoms with Gasteiger partial charge < -0.3 is 5.32 Å². The Morgan fingerprint density at radius 3 is 2.38 bits per heavy atom. The SMILES string of the molecule is Cc1cc(Cl)c(NCc2ccccc2C(F)(F)F)cc1Cl. The van der Waals surface area contributed by atoms with E-state index in [1.807, 2.05) is 0 Å². The molecule has 1 nitrogen and oxygen atoms in total. The third-order valence-electron chi connectivity index (χ3n) is 3.04. The highest BCUT2D eigenvalue weighted by Gasteiger charge is 2.32. The van der Waals surface area contributed by atoms with E-state index in [-0.39, 0.29) is 12.1 Å². The monoisotopic (exact) mass is 333 g/mol. The van der Waals surface area contributed by atoms with Crippen molar-refractivity contribution in [3.63, 3.8) is 0 Å². The smallest absolute Gasteiger partial charge is 0.380 e. The number of nitrogens with one attached hydrogen (secondary N) is 1. The fourth-order valence-electron chi connectivity index (χ4n) is 1.92. The van der Waals surface area contributed by atoms with E-state index in [0.717, 1.165) is 11.6 Å². The lowest BCUT2D eigenvalue weighted by Gasteiger charge is -2.15. The quantitative estimate of drug-likeness (QED) is 0.733. The number of hydrogen-bond acceptors (Lipinski definition) is 1. The molecule has 0 heterocycles. The minimum atomic E-state index is -4.38. The van der Waals surface area contributed by atoms with Gasteiger partial charge >= 0.3 is 6.18 Å². The first kappa shape index (κ1) is 16.0. The molecule has 0 saturated heterocycles. The van der Waals surface area contributed by atoms with Crippen molar-refractivity contribution in [1.29, 1.82) is 0 Å². The Morgan fingerprint density at radius 1 is 1.05 bits per heavy atom. The first-order chi connectivity index (χ1) is 9.79. The first-order valence-corrected chi connectivity index (χ1v) is 6.89. The molecule has 0 aromatic heterocycles. The summed E-state index contributed by atoms with van der Waals surface area (Å²) in [5, 5.41) is 3.82. The standard InChI is InChI=1S/C15H12Cl2F3N/c1-9-6-13(17)14(7-12(9)16)21-8-10-4-2-3-5-11(10)15(18,19)20/h2-7,21H,8H2,1H3. The summed E-state index contributed by atoms with van der Waals surface area (Å²) in [7, 11) is 0. The molecule has 2 aromatic carbocycles. The van der Waals surface area contributed by atoms with Crippen LogP contribution in [0, 0.1) is 6.92 Å². The Morgan fingerprint density at radius 2 is 1.71 bits per heavy atom. The van der Waals surface area contributed by atoms with Crippen LogP contribution in [-0.4, -0.2) is 0 Å². The highest BCUT2D eigenvalue weighted by molar-refractivity contribution is 6.35. The van der Waals surface area contributed by atoms with Gasteiger partial charge in [-0.15, -0.1) is 0 Å². The van der Waals surface area contributed by atoms with Crippen molar-refractivity contribution in [3.8, 4) is 0 Å². The molecule has 112 valence electrons. The number of anilines is 1. The molecule has 21 heavy (non-hydrogen) atoms. The van der Waals surface area contributed by atoms with Crippen molar-refractivity contribution in [2.24, 2.45) is 0 Å². The highest BCUT2D eigenvalue weighted by atomic mass is 35.5. The van der Waals surface area contributed by atoms with Crippen molar-refractivity contribution in [2.45, 2.75) is 19.6 Å². The predicted molar refractivity (Wildman–Crippen MR) is 80.0 cm³/mol. The van der Waals surface area contributed by atoms with E-state index in [9.17, 15) is 13.2 Å². The van der Waals surface area contributed by atoms with Crippen molar-refractivity contribution in [2.75, 3.05) is 5.32 Å². The van der Waals surface area contributed by atoms with Gasteiger partial charge in [-0.3, -0.25) is 0 Å². The van der Waals surface area contributed by atoms with Gasteiger partial charge in [-0.05, 0) is 36.2 Å². The normalized spacial score (nSPS) is 11.5. The van der Waals surface area contributed by atoms with E-state index >= 15 is 0 Å². The highest BCUT2D eigenvalue weighted by Crippen LogP contribution is 2.33. The fourth-order valence-corrected chi connectivity index (χ4v) is 2.37. The molecular formula is C15H12Cl2F3N. The zero-order valence-corrected chi connectivity index (χ0v) is 12.6. The summed E-state index contributed by atoms with van der Waals surface area (Å²) < 4.78 is 38.7. The molecule has 0 aliphatic rings. The Labute approximate surface area is 130 Å². The maximum absolute atomic E-state index is 12.9. The number of hydrogen-bond donors (Lipinski definition) is 1. The largest absolute Gasteiger partial charge is 0.416 e. The topological polar surface area (TPSA) is 12.0 Å². The second kappa shape index (κ2) is 6.16. The molecule has 1 N–H and O–H groups in total.